The quantitative estimate of drug-likeness (QED) is 0.0439. The third kappa shape index (κ3) is 12.9. The average molecular weight is 708 g/mol. The largest absolute Gasteiger partial charge is 0.504 e. The number of rotatable bonds is 22. The maximum absolute atomic E-state index is 13.1. The normalized spacial score (nSPS) is 15.0. The number of nitrogens with two attached hydrogens (primary N) is 1. The number of carbonyl (C=O) groups excluding carboxylic acids is 2. The third-order valence-corrected chi connectivity index (χ3v) is 9.68. The molecule has 2 unspecified atom stereocenters. The van der Waals surface area contributed by atoms with Crippen molar-refractivity contribution in [2.45, 2.75) is 83.7 Å². The molecule has 3 aromatic rings. The molecule has 0 amide bonds. The Kier molecular flexibility index (Phi) is 16.4. The Labute approximate surface area is 309 Å². The molecule has 0 aliphatic carbocycles. The zero-order valence-corrected chi connectivity index (χ0v) is 31.1. The lowest BCUT2D eigenvalue weighted by molar-refractivity contribution is -0.124. The number of aromatic hydroxyl groups is 1. The van der Waals surface area contributed by atoms with Crippen LogP contribution < -0.4 is 21.1 Å². The van der Waals surface area contributed by atoms with E-state index in [1.54, 1.807) is 12.1 Å². The molecule has 6 N–H and O–H groups in total. The first kappa shape index (κ1) is 40.3. The molecule has 278 valence electrons. The number of hydrogen-bond acceptors (Lipinski definition) is 8. The smallest absolute Gasteiger partial charge is 0.163 e. The number of allylic oxidation sites excluding steroid dienone is 3. The molecule has 2 atom stereocenters. The number of aliphatic hydroxyl groups is 1. The number of aliphatic hydroxyl groups excluding tert-OH is 1. The summed E-state index contributed by atoms with van der Waals surface area (Å²) in [5.41, 5.74) is 13.9. The van der Waals surface area contributed by atoms with E-state index in [-0.39, 0.29) is 35.7 Å². The Morgan fingerprint density at radius 2 is 1.65 bits per heavy atom. The first-order valence-corrected chi connectivity index (χ1v) is 18.6. The average Bonchev–Trinajstić information content (AvgIpc) is 3.14. The standard InChI is InChI=1S/C44H57N3O5/c1-31(28-46-2)11-6-4-9-16-39(49)26-40(50)23-38(30-48)41-27-43(52-3)42(51)24-36(41)22-37-29-47-44(45)25-35(37)20-19-34-15-10-14-33(21-34)18-17-32-12-7-5-8-13-32/h5,7-8,10,12-15,21,23-25,27,29,31,44,46-48,51H,4,6,9,11,16-20,22,26,28,30,45H2,1-3H3. The number of ketones is 2. The van der Waals surface area contributed by atoms with E-state index in [9.17, 15) is 19.8 Å². The highest BCUT2D eigenvalue weighted by atomic mass is 16.5. The van der Waals surface area contributed by atoms with Gasteiger partial charge in [0.1, 0.15) is 5.78 Å². The van der Waals surface area contributed by atoms with Gasteiger partial charge in [0.15, 0.2) is 17.3 Å². The summed E-state index contributed by atoms with van der Waals surface area (Å²) >= 11 is 0. The van der Waals surface area contributed by atoms with Gasteiger partial charge in [-0.3, -0.25) is 9.59 Å². The maximum atomic E-state index is 13.1. The van der Waals surface area contributed by atoms with E-state index in [2.05, 4.69) is 66.1 Å². The summed E-state index contributed by atoms with van der Waals surface area (Å²) in [6, 6.07) is 22.5. The summed E-state index contributed by atoms with van der Waals surface area (Å²) in [6.07, 6.45) is 13.0. The van der Waals surface area contributed by atoms with Crippen molar-refractivity contribution in [3.05, 3.63) is 124 Å². The summed E-state index contributed by atoms with van der Waals surface area (Å²) < 4.78 is 5.41. The van der Waals surface area contributed by atoms with E-state index in [0.29, 0.717) is 35.5 Å². The van der Waals surface area contributed by atoms with Crippen LogP contribution in [0.3, 0.4) is 0 Å². The van der Waals surface area contributed by atoms with E-state index >= 15 is 0 Å². The minimum Gasteiger partial charge on any atom is -0.504 e. The van der Waals surface area contributed by atoms with Crippen molar-refractivity contribution in [2.24, 2.45) is 11.7 Å². The van der Waals surface area contributed by atoms with Crippen LogP contribution in [-0.2, 0) is 35.3 Å². The molecule has 0 fully saturated rings. The zero-order chi connectivity index (χ0) is 37.3. The minimum absolute atomic E-state index is 0.0423. The first-order chi connectivity index (χ1) is 25.2. The SMILES string of the molecule is CNCC(C)CCCCCC(=O)CC(=O)C=C(CO)c1cc(OC)c(O)cc1CC1=CNC(N)C=C1CCc1cccc(CCc2ccccc2)c1. The van der Waals surface area contributed by atoms with Crippen LogP contribution >= 0.6 is 0 Å². The van der Waals surface area contributed by atoms with Crippen molar-refractivity contribution in [3.8, 4) is 11.5 Å². The fourth-order valence-electron chi connectivity index (χ4n) is 6.83. The van der Waals surface area contributed by atoms with Crippen molar-refractivity contribution < 1.29 is 24.5 Å². The molecule has 52 heavy (non-hydrogen) atoms. The van der Waals surface area contributed by atoms with E-state index in [1.807, 2.05) is 25.4 Å². The molecule has 0 saturated carbocycles. The van der Waals surface area contributed by atoms with Gasteiger partial charge in [-0.25, -0.2) is 0 Å². The highest BCUT2D eigenvalue weighted by Gasteiger charge is 2.20. The number of dihydropyridines is 1. The Morgan fingerprint density at radius 3 is 2.37 bits per heavy atom. The number of ether oxygens (including phenoxy) is 1. The number of phenolic OH excluding ortho intramolecular Hbond substituents is 1. The molecular weight excluding hydrogens is 650 g/mol. The monoisotopic (exact) mass is 707 g/mol. The number of benzene rings is 3. The van der Waals surface area contributed by atoms with Gasteiger partial charge in [-0.2, -0.15) is 0 Å². The van der Waals surface area contributed by atoms with Gasteiger partial charge >= 0.3 is 0 Å². The van der Waals surface area contributed by atoms with E-state index in [4.69, 9.17) is 10.5 Å². The van der Waals surface area contributed by atoms with Gasteiger partial charge < -0.3 is 31.3 Å². The summed E-state index contributed by atoms with van der Waals surface area (Å²) in [5.74, 6) is 0.324. The van der Waals surface area contributed by atoms with Crippen LogP contribution in [0.1, 0.15) is 79.7 Å². The number of methoxy groups -OCH3 is 1. The van der Waals surface area contributed by atoms with Gasteiger partial charge in [0.25, 0.3) is 0 Å². The Morgan fingerprint density at radius 1 is 0.942 bits per heavy atom. The summed E-state index contributed by atoms with van der Waals surface area (Å²) in [7, 11) is 3.41. The molecule has 0 bridgehead atoms. The molecule has 0 saturated heterocycles. The first-order valence-electron chi connectivity index (χ1n) is 18.6. The van der Waals surface area contributed by atoms with Gasteiger partial charge in [-0.15, -0.1) is 0 Å². The van der Waals surface area contributed by atoms with Crippen LogP contribution in [0.4, 0.5) is 0 Å². The van der Waals surface area contributed by atoms with Crippen molar-refractivity contribution in [1.82, 2.24) is 10.6 Å². The fourth-order valence-corrected chi connectivity index (χ4v) is 6.83. The number of phenols is 1. The molecule has 1 aliphatic heterocycles. The topological polar surface area (TPSA) is 134 Å². The second-order valence-corrected chi connectivity index (χ2v) is 14.0. The summed E-state index contributed by atoms with van der Waals surface area (Å²) in [4.78, 5) is 25.7. The molecule has 1 heterocycles. The lowest BCUT2D eigenvalue weighted by Gasteiger charge is -2.23. The van der Waals surface area contributed by atoms with E-state index in [0.717, 1.165) is 69.1 Å². The number of hydrogen-bond donors (Lipinski definition) is 5. The van der Waals surface area contributed by atoms with Crippen LogP contribution in [-0.4, -0.2) is 55.3 Å². The third-order valence-electron chi connectivity index (χ3n) is 9.68. The van der Waals surface area contributed by atoms with Crippen molar-refractivity contribution in [2.75, 3.05) is 27.3 Å². The van der Waals surface area contributed by atoms with Crippen LogP contribution in [0.15, 0.2) is 96.2 Å². The van der Waals surface area contributed by atoms with Crippen molar-refractivity contribution in [1.29, 1.82) is 0 Å². The van der Waals surface area contributed by atoms with E-state index in [1.165, 1.54) is 29.9 Å². The Balaban J connectivity index is 1.43. The predicted octanol–water partition coefficient (Wildman–Crippen LogP) is 6.77. The highest BCUT2D eigenvalue weighted by molar-refractivity contribution is 6.07. The molecule has 0 radical (unpaired) electrons. The lowest BCUT2D eigenvalue weighted by atomic mass is 9.88. The van der Waals surface area contributed by atoms with Gasteiger partial charge in [0.05, 0.1) is 26.3 Å². The predicted molar refractivity (Wildman–Crippen MR) is 210 cm³/mol. The van der Waals surface area contributed by atoms with Crippen molar-refractivity contribution >= 4 is 17.1 Å². The summed E-state index contributed by atoms with van der Waals surface area (Å²) in [5, 5.41) is 27.6. The van der Waals surface area contributed by atoms with E-state index < -0.39 is 6.61 Å². The zero-order valence-electron chi connectivity index (χ0n) is 31.1. The molecule has 1 aliphatic rings. The second kappa shape index (κ2) is 21.1. The Hall–Kier alpha value is -4.50. The number of Topliss-reactive ketones (excluding diaryl/α,β-unsaturated/α-hetero) is 1. The van der Waals surface area contributed by atoms with Crippen LogP contribution in [0, 0.1) is 5.92 Å². The van der Waals surface area contributed by atoms with Gasteiger partial charge in [0, 0.05) is 12.6 Å². The fraction of sp³-hybridized carbons (Fsp3) is 0.409. The lowest BCUT2D eigenvalue weighted by Crippen LogP contribution is -2.35. The molecule has 4 rings (SSSR count). The van der Waals surface area contributed by atoms with Gasteiger partial charge in [0.2, 0.25) is 0 Å². The molecule has 8 heteroatoms. The number of carbonyl (C=O) groups is 2. The minimum atomic E-state index is -0.420. The number of aryl methyl sites for hydroxylation is 3. The Bertz CT molecular complexity index is 1710. The summed E-state index contributed by atoms with van der Waals surface area (Å²) in [6.45, 7) is 2.77. The maximum Gasteiger partial charge on any atom is 0.163 e. The van der Waals surface area contributed by atoms with Crippen LogP contribution in [0.5, 0.6) is 11.5 Å². The number of unbranched alkanes of at least 4 members (excludes halogenated alkanes) is 2. The molecule has 0 aromatic heterocycles. The molecular formula is C44H57N3O5. The van der Waals surface area contributed by atoms with Crippen molar-refractivity contribution in [3.63, 3.8) is 0 Å². The molecule has 3 aromatic carbocycles. The van der Waals surface area contributed by atoms with Crippen LogP contribution in [0.2, 0.25) is 0 Å². The van der Waals surface area contributed by atoms with Crippen LogP contribution in [0.25, 0.3) is 5.57 Å². The number of nitrogens with one attached hydrogen (secondary N) is 2. The van der Waals surface area contributed by atoms with Gasteiger partial charge in [-0.1, -0.05) is 74.4 Å². The second-order valence-electron chi connectivity index (χ2n) is 14.0. The van der Waals surface area contributed by atoms with Gasteiger partial charge in [-0.05, 0) is 133 Å². The highest BCUT2D eigenvalue weighted by Crippen LogP contribution is 2.36. The molecule has 0 spiro atoms. The molecule has 8 nitrogen and oxygen atoms in total.